The minimum atomic E-state index is -0.0740. The monoisotopic (exact) mass is 201 g/mol. The van der Waals surface area contributed by atoms with E-state index in [-0.39, 0.29) is 6.23 Å². The van der Waals surface area contributed by atoms with Crippen molar-refractivity contribution in [1.82, 2.24) is 0 Å². The van der Waals surface area contributed by atoms with Crippen LogP contribution in [0.2, 0.25) is 0 Å². The second-order valence-electron chi connectivity index (χ2n) is 4.79. The molecular formula is C12H27NO. The summed E-state index contributed by atoms with van der Waals surface area (Å²) in [6.07, 6.45) is 6.22. The molecule has 0 rings (SSSR count). The van der Waals surface area contributed by atoms with Crippen LogP contribution in [-0.2, 0) is 4.74 Å². The van der Waals surface area contributed by atoms with E-state index in [2.05, 4.69) is 20.8 Å². The molecule has 0 aromatic heterocycles. The molecule has 0 saturated carbocycles. The van der Waals surface area contributed by atoms with Gasteiger partial charge in [-0.05, 0) is 18.3 Å². The van der Waals surface area contributed by atoms with Gasteiger partial charge < -0.3 is 10.5 Å². The van der Waals surface area contributed by atoms with Crippen molar-refractivity contribution in [3.8, 4) is 0 Å². The number of hydrogen-bond acceptors (Lipinski definition) is 2. The first-order valence-corrected chi connectivity index (χ1v) is 5.84. The van der Waals surface area contributed by atoms with Crippen molar-refractivity contribution < 1.29 is 4.74 Å². The Bertz CT molecular complexity index is 125. The van der Waals surface area contributed by atoms with Crippen molar-refractivity contribution in [3.63, 3.8) is 0 Å². The van der Waals surface area contributed by atoms with Gasteiger partial charge in [0.05, 0.1) is 0 Å². The standard InChI is InChI=1S/C12H27NO/c1-10(2)7-5-6-8-11(3)9-12(13)14-4/h10-12H,5-9,13H2,1-4H3. The summed E-state index contributed by atoms with van der Waals surface area (Å²) in [5.74, 6) is 1.53. The molecule has 0 aliphatic rings. The molecule has 0 aliphatic heterocycles. The van der Waals surface area contributed by atoms with Gasteiger partial charge in [0.1, 0.15) is 6.23 Å². The molecule has 2 heteroatoms. The number of hydrogen-bond donors (Lipinski definition) is 1. The van der Waals surface area contributed by atoms with E-state index in [1.807, 2.05) is 0 Å². The molecule has 0 heterocycles. The first kappa shape index (κ1) is 13.9. The number of unbranched alkanes of at least 4 members (excludes halogenated alkanes) is 1. The lowest BCUT2D eigenvalue weighted by Gasteiger charge is -2.15. The summed E-state index contributed by atoms with van der Waals surface area (Å²) in [7, 11) is 1.68. The van der Waals surface area contributed by atoms with E-state index in [0.29, 0.717) is 5.92 Å². The molecular weight excluding hydrogens is 174 g/mol. The Morgan fingerprint density at radius 1 is 1.07 bits per heavy atom. The molecule has 2 unspecified atom stereocenters. The van der Waals surface area contributed by atoms with E-state index in [1.165, 1.54) is 25.7 Å². The van der Waals surface area contributed by atoms with Crippen LogP contribution >= 0.6 is 0 Å². The Kier molecular flexibility index (Phi) is 8.20. The van der Waals surface area contributed by atoms with Gasteiger partial charge in [0.2, 0.25) is 0 Å². The van der Waals surface area contributed by atoms with Crippen LogP contribution in [0.4, 0.5) is 0 Å². The number of ether oxygens (including phenoxy) is 1. The largest absolute Gasteiger partial charge is 0.367 e. The minimum Gasteiger partial charge on any atom is -0.367 e. The molecule has 2 atom stereocenters. The molecule has 0 spiro atoms. The fraction of sp³-hybridized carbons (Fsp3) is 1.00. The normalized spacial score (nSPS) is 15.9. The van der Waals surface area contributed by atoms with Gasteiger partial charge in [0.15, 0.2) is 0 Å². The third-order valence-electron chi connectivity index (χ3n) is 2.67. The summed E-state index contributed by atoms with van der Waals surface area (Å²) in [5, 5.41) is 0. The first-order chi connectivity index (χ1) is 6.56. The highest BCUT2D eigenvalue weighted by Gasteiger charge is 2.07. The van der Waals surface area contributed by atoms with Gasteiger partial charge in [-0.15, -0.1) is 0 Å². The summed E-state index contributed by atoms with van der Waals surface area (Å²) in [4.78, 5) is 0. The summed E-state index contributed by atoms with van der Waals surface area (Å²) < 4.78 is 5.04. The third kappa shape index (κ3) is 8.52. The number of nitrogens with two attached hydrogens (primary N) is 1. The Balaban J connectivity index is 3.30. The number of rotatable bonds is 8. The second-order valence-corrected chi connectivity index (χ2v) is 4.79. The van der Waals surface area contributed by atoms with Crippen LogP contribution < -0.4 is 5.73 Å². The molecule has 0 aliphatic carbocycles. The SMILES string of the molecule is COC(N)CC(C)CCCCC(C)C. The van der Waals surface area contributed by atoms with Gasteiger partial charge in [-0.25, -0.2) is 0 Å². The average Bonchev–Trinajstić information content (AvgIpc) is 2.12. The molecule has 0 bridgehead atoms. The van der Waals surface area contributed by atoms with Gasteiger partial charge in [0, 0.05) is 7.11 Å². The van der Waals surface area contributed by atoms with Gasteiger partial charge in [-0.2, -0.15) is 0 Å². The Morgan fingerprint density at radius 2 is 1.64 bits per heavy atom. The van der Waals surface area contributed by atoms with E-state index >= 15 is 0 Å². The van der Waals surface area contributed by atoms with Gasteiger partial charge in [0.25, 0.3) is 0 Å². The fourth-order valence-electron chi connectivity index (χ4n) is 1.66. The molecule has 0 aromatic rings. The molecule has 0 radical (unpaired) electrons. The molecule has 86 valence electrons. The van der Waals surface area contributed by atoms with Crippen molar-refractivity contribution in [2.24, 2.45) is 17.6 Å². The van der Waals surface area contributed by atoms with Crippen LogP contribution in [0.15, 0.2) is 0 Å². The van der Waals surface area contributed by atoms with Gasteiger partial charge in [-0.1, -0.05) is 46.5 Å². The molecule has 14 heavy (non-hydrogen) atoms. The van der Waals surface area contributed by atoms with Crippen LogP contribution in [-0.4, -0.2) is 13.3 Å². The quantitative estimate of drug-likeness (QED) is 0.483. The van der Waals surface area contributed by atoms with E-state index in [1.54, 1.807) is 7.11 Å². The smallest absolute Gasteiger partial charge is 0.105 e. The highest BCUT2D eigenvalue weighted by molar-refractivity contribution is 4.58. The second kappa shape index (κ2) is 8.25. The molecule has 0 fully saturated rings. The zero-order chi connectivity index (χ0) is 11.0. The Hall–Kier alpha value is -0.0800. The molecule has 0 amide bonds. The molecule has 0 aromatic carbocycles. The first-order valence-electron chi connectivity index (χ1n) is 5.84. The van der Waals surface area contributed by atoms with E-state index in [0.717, 1.165) is 12.3 Å². The molecule has 2 nitrogen and oxygen atoms in total. The fourth-order valence-corrected chi connectivity index (χ4v) is 1.66. The van der Waals surface area contributed by atoms with Crippen molar-refractivity contribution in [2.75, 3.05) is 7.11 Å². The van der Waals surface area contributed by atoms with Crippen molar-refractivity contribution in [2.45, 2.75) is 59.1 Å². The Labute approximate surface area is 89.2 Å². The average molecular weight is 201 g/mol. The summed E-state index contributed by atoms with van der Waals surface area (Å²) >= 11 is 0. The highest BCUT2D eigenvalue weighted by Crippen LogP contribution is 2.16. The van der Waals surface area contributed by atoms with Crippen molar-refractivity contribution in [3.05, 3.63) is 0 Å². The van der Waals surface area contributed by atoms with Crippen LogP contribution in [0.25, 0.3) is 0 Å². The van der Waals surface area contributed by atoms with Crippen LogP contribution in [0.3, 0.4) is 0 Å². The van der Waals surface area contributed by atoms with Gasteiger partial charge in [-0.3, -0.25) is 0 Å². The third-order valence-corrected chi connectivity index (χ3v) is 2.67. The van der Waals surface area contributed by atoms with Crippen molar-refractivity contribution in [1.29, 1.82) is 0 Å². The zero-order valence-electron chi connectivity index (χ0n) is 10.3. The summed E-state index contributed by atoms with van der Waals surface area (Å²) in [6, 6.07) is 0. The lowest BCUT2D eigenvalue weighted by molar-refractivity contribution is 0.0861. The predicted molar refractivity (Wildman–Crippen MR) is 62.1 cm³/mol. The summed E-state index contributed by atoms with van der Waals surface area (Å²) in [6.45, 7) is 6.82. The Morgan fingerprint density at radius 3 is 2.14 bits per heavy atom. The minimum absolute atomic E-state index is 0.0740. The molecule has 2 N–H and O–H groups in total. The van der Waals surface area contributed by atoms with Crippen molar-refractivity contribution >= 4 is 0 Å². The lowest BCUT2D eigenvalue weighted by Crippen LogP contribution is -2.24. The van der Waals surface area contributed by atoms with Crippen LogP contribution in [0, 0.1) is 11.8 Å². The predicted octanol–water partition coefficient (Wildman–Crippen LogP) is 3.16. The highest BCUT2D eigenvalue weighted by atomic mass is 16.5. The van der Waals surface area contributed by atoms with Gasteiger partial charge >= 0.3 is 0 Å². The van der Waals surface area contributed by atoms with E-state index in [9.17, 15) is 0 Å². The maximum atomic E-state index is 5.70. The zero-order valence-corrected chi connectivity index (χ0v) is 10.3. The van der Waals surface area contributed by atoms with E-state index < -0.39 is 0 Å². The maximum absolute atomic E-state index is 5.70. The van der Waals surface area contributed by atoms with E-state index in [4.69, 9.17) is 10.5 Å². The summed E-state index contributed by atoms with van der Waals surface area (Å²) in [5.41, 5.74) is 5.70. The molecule has 0 saturated heterocycles. The number of methoxy groups -OCH3 is 1. The van der Waals surface area contributed by atoms with Crippen LogP contribution in [0.5, 0.6) is 0 Å². The lowest BCUT2D eigenvalue weighted by atomic mass is 9.97. The van der Waals surface area contributed by atoms with Crippen LogP contribution in [0.1, 0.15) is 52.9 Å². The topological polar surface area (TPSA) is 35.2 Å². The maximum Gasteiger partial charge on any atom is 0.105 e.